The largest absolute Gasteiger partial charge is 0.482 e. The van der Waals surface area contributed by atoms with Crippen molar-refractivity contribution in [2.45, 2.75) is 19.9 Å². The van der Waals surface area contributed by atoms with Gasteiger partial charge in [0.25, 0.3) is 5.91 Å². The van der Waals surface area contributed by atoms with Crippen LogP contribution in [0.3, 0.4) is 0 Å². The summed E-state index contributed by atoms with van der Waals surface area (Å²) in [6.07, 6.45) is 0. The Kier molecular flexibility index (Phi) is 7.94. The second-order valence-corrected chi connectivity index (χ2v) is 5.54. The maximum atomic E-state index is 11.7. The van der Waals surface area contributed by atoms with Crippen molar-refractivity contribution in [3.63, 3.8) is 0 Å². The standard InChI is InChI=1S/C14H20ClN3O3S/c1-9-4-5-11(15)12(6-9)21-8-13(19)17-18-14(22)16-10(2)7-20-3/h4-6,10H,7-8H2,1-3H3,(H,17,19)(H2,16,18,22)/t10-/m1/s1. The van der Waals surface area contributed by atoms with Crippen LogP contribution in [0.2, 0.25) is 5.02 Å². The van der Waals surface area contributed by atoms with Crippen LogP contribution in [-0.4, -0.2) is 37.4 Å². The lowest BCUT2D eigenvalue weighted by atomic mass is 10.2. The van der Waals surface area contributed by atoms with Gasteiger partial charge in [0.05, 0.1) is 11.6 Å². The molecule has 1 atom stereocenters. The average molecular weight is 346 g/mol. The molecule has 0 aliphatic rings. The summed E-state index contributed by atoms with van der Waals surface area (Å²) in [6.45, 7) is 4.15. The van der Waals surface area contributed by atoms with E-state index in [1.54, 1.807) is 19.2 Å². The number of thiocarbonyl (C=S) groups is 1. The van der Waals surface area contributed by atoms with Crippen molar-refractivity contribution < 1.29 is 14.3 Å². The topological polar surface area (TPSA) is 71.6 Å². The van der Waals surface area contributed by atoms with Gasteiger partial charge in [-0.3, -0.25) is 15.6 Å². The Morgan fingerprint density at radius 2 is 2.14 bits per heavy atom. The van der Waals surface area contributed by atoms with Crippen molar-refractivity contribution >= 4 is 34.8 Å². The highest BCUT2D eigenvalue weighted by Crippen LogP contribution is 2.24. The van der Waals surface area contributed by atoms with Crippen molar-refractivity contribution in [2.75, 3.05) is 20.3 Å². The summed E-state index contributed by atoms with van der Waals surface area (Å²) < 4.78 is 10.3. The van der Waals surface area contributed by atoms with Gasteiger partial charge in [-0.1, -0.05) is 17.7 Å². The second-order valence-electron chi connectivity index (χ2n) is 4.73. The van der Waals surface area contributed by atoms with Gasteiger partial charge in [0, 0.05) is 13.2 Å². The molecule has 1 amide bonds. The van der Waals surface area contributed by atoms with Crippen LogP contribution in [0.1, 0.15) is 12.5 Å². The molecule has 0 radical (unpaired) electrons. The molecule has 0 unspecified atom stereocenters. The normalized spacial score (nSPS) is 11.5. The van der Waals surface area contributed by atoms with Crippen molar-refractivity contribution in [1.82, 2.24) is 16.2 Å². The van der Waals surface area contributed by atoms with Crippen molar-refractivity contribution in [1.29, 1.82) is 0 Å². The van der Waals surface area contributed by atoms with E-state index in [1.165, 1.54) is 0 Å². The van der Waals surface area contributed by atoms with Gasteiger partial charge in [-0.05, 0) is 43.8 Å². The molecule has 0 spiro atoms. The molecule has 0 fully saturated rings. The number of hydrazine groups is 1. The molecule has 22 heavy (non-hydrogen) atoms. The summed E-state index contributed by atoms with van der Waals surface area (Å²) in [4.78, 5) is 11.7. The molecule has 0 aliphatic heterocycles. The number of benzene rings is 1. The first-order valence-corrected chi connectivity index (χ1v) is 7.44. The Morgan fingerprint density at radius 1 is 1.41 bits per heavy atom. The van der Waals surface area contributed by atoms with Crippen LogP contribution < -0.4 is 20.9 Å². The molecule has 8 heteroatoms. The molecule has 0 aliphatic carbocycles. The fourth-order valence-electron chi connectivity index (χ4n) is 1.58. The highest BCUT2D eigenvalue weighted by Gasteiger charge is 2.08. The van der Waals surface area contributed by atoms with Crippen LogP contribution in [0.25, 0.3) is 0 Å². The molecule has 1 aromatic carbocycles. The molecule has 3 N–H and O–H groups in total. The highest BCUT2D eigenvalue weighted by atomic mass is 35.5. The summed E-state index contributed by atoms with van der Waals surface area (Å²) in [7, 11) is 1.60. The van der Waals surface area contributed by atoms with Crippen LogP contribution in [0.5, 0.6) is 5.75 Å². The smallest absolute Gasteiger partial charge is 0.276 e. The monoisotopic (exact) mass is 345 g/mol. The maximum Gasteiger partial charge on any atom is 0.276 e. The number of nitrogens with one attached hydrogen (secondary N) is 3. The molecule has 0 saturated carbocycles. The molecule has 0 heterocycles. The number of methoxy groups -OCH3 is 1. The SMILES string of the molecule is COC[C@@H](C)NC(=S)NNC(=O)COc1cc(C)ccc1Cl. The van der Waals surface area contributed by atoms with Crippen molar-refractivity contribution in [3.05, 3.63) is 28.8 Å². The van der Waals surface area contributed by atoms with E-state index >= 15 is 0 Å². The quantitative estimate of drug-likeness (QED) is 0.537. The molecular formula is C14H20ClN3O3S. The van der Waals surface area contributed by atoms with Gasteiger partial charge >= 0.3 is 0 Å². The number of carbonyl (C=O) groups excluding carboxylic acids is 1. The van der Waals surface area contributed by atoms with Gasteiger partial charge in [0.1, 0.15) is 5.75 Å². The summed E-state index contributed by atoms with van der Waals surface area (Å²) in [6, 6.07) is 5.38. The zero-order chi connectivity index (χ0) is 16.5. The number of hydrogen-bond acceptors (Lipinski definition) is 4. The molecule has 0 bridgehead atoms. The molecular weight excluding hydrogens is 326 g/mol. The van der Waals surface area contributed by atoms with E-state index in [0.29, 0.717) is 22.5 Å². The van der Waals surface area contributed by atoms with E-state index in [4.69, 9.17) is 33.3 Å². The summed E-state index contributed by atoms with van der Waals surface area (Å²) in [5, 5.41) is 3.70. The van der Waals surface area contributed by atoms with Crippen LogP contribution in [0, 0.1) is 6.92 Å². The number of carbonyl (C=O) groups is 1. The summed E-state index contributed by atoms with van der Waals surface area (Å²) >= 11 is 11.0. The van der Waals surface area contributed by atoms with Crippen LogP contribution in [0.4, 0.5) is 0 Å². The fourth-order valence-corrected chi connectivity index (χ4v) is 2.00. The zero-order valence-electron chi connectivity index (χ0n) is 12.7. The van der Waals surface area contributed by atoms with E-state index in [-0.39, 0.29) is 18.6 Å². The van der Waals surface area contributed by atoms with E-state index < -0.39 is 0 Å². The molecule has 1 rings (SSSR count). The van der Waals surface area contributed by atoms with Crippen molar-refractivity contribution in [3.8, 4) is 5.75 Å². The lowest BCUT2D eigenvalue weighted by Crippen LogP contribution is -2.50. The van der Waals surface area contributed by atoms with Gasteiger partial charge in [-0.15, -0.1) is 0 Å². The first-order chi connectivity index (χ1) is 10.4. The van der Waals surface area contributed by atoms with Crippen LogP contribution in [0.15, 0.2) is 18.2 Å². The van der Waals surface area contributed by atoms with E-state index in [2.05, 4.69) is 16.2 Å². The molecule has 122 valence electrons. The maximum absolute atomic E-state index is 11.7. The van der Waals surface area contributed by atoms with Gasteiger partial charge < -0.3 is 14.8 Å². The Balaban J connectivity index is 2.31. The minimum absolute atomic E-state index is 0.0317. The minimum atomic E-state index is -0.374. The van der Waals surface area contributed by atoms with Crippen LogP contribution in [-0.2, 0) is 9.53 Å². The first kappa shape index (κ1) is 18.5. The molecule has 6 nitrogen and oxygen atoms in total. The predicted octanol–water partition coefficient (Wildman–Crippen LogP) is 1.56. The lowest BCUT2D eigenvalue weighted by molar-refractivity contribution is -0.123. The number of ether oxygens (including phenoxy) is 2. The fraction of sp³-hybridized carbons (Fsp3) is 0.429. The zero-order valence-corrected chi connectivity index (χ0v) is 14.3. The summed E-state index contributed by atoms with van der Waals surface area (Å²) in [5.41, 5.74) is 6.01. The lowest BCUT2D eigenvalue weighted by Gasteiger charge is -2.16. The van der Waals surface area contributed by atoms with Crippen LogP contribution >= 0.6 is 23.8 Å². The molecule has 0 saturated heterocycles. The Morgan fingerprint density at radius 3 is 2.82 bits per heavy atom. The predicted molar refractivity (Wildman–Crippen MR) is 90.0 cm³/mol. The number of rotatable bonds is 6. The van der Waals surface area contributed by atoms with E-state index in [9.17, 15) is 4.79 Å². The number of halogens is 1. The third-order valence-electron chi connectivity index (χ3n) is 2.56. The highest BCUT2D eigenvalue weighted by molar-refractivity contribution is 7.80. The average Bonchev–Trinajstić information content (AvgIpc) is 2.46. The second kappa shape index (κ2) is 9.45. The number of amides is 1. The Labute approximate surface area is 140 Å². The molecule has 1 aromatic rings. The third-order valence-corrected chi connectivity index (χ3v) is 3.09. The Hall–Kier alpha value is -1.57. The number of hydrogen-bond donors (Lipinski definition) is 3. The van der Waals surface area contributed by atoms with Crippen molar-refractivity contribution in [2.24, 2.45) is 0 Å². The van der Waals surface area contributed by atoms with E-state index in [0.717, 1.165) is 5.56 Å². The third kappa shape index (κ3) is 6.93. The van der Waals surface area contributed by atoms with Gasteiger partial charge in [0.15, 0.2) is 11.7 Å². The first-order valence-electron chi connectivity index (χ1n) is 6.65. The van der Waals surface area contributed by atoms with Gasteiger partial charge in [-0.2, -0.15) is 0 Å². The number of aryl methyl sites for hydroxylation is 1. The van der Waals surface area contributed by atoms with Gasteiger partial charge in [-0.25, -0.2) is 0 Å². The van der Waals surface area contributed by atoms with E-state index in [1.807, 2.05) is 19.9 Å². The van der Waals surface area contributed by atoms with Gasteiger partial charge in [0.2, 0.25) is 0 Å². The Bertz CT molecular complexity index is 528. The molecule has 0 aromatic heterocycles. The minimum Gasteiger partial charge on any atom is -0.482 e. The summed E-state index contributed by atoms with van der Waals surface area (Å²) in [5.74, 6) is 0.0901.